The molecule has 0 rings (SSSR count). The first-order valence-corrected chi connectivity index (χ1v) is 6.36. The summed E-state index contributed by atoms with van der Waals surface area (Å²) in [6.07, 6.45) is -0.126. The number of nitrogens with zero attached hydrogens (tertiary/aromatic N) is 1. The Kier molecular flexibility index (Phi) is 7.81. The lowest BCUT2D eigenvalue weighted by atomic mass is 10.4. The zero-order valence-electron chi connectivity index (χ0n) is 9.59. The summed E-state index contributed by atoms with van der Waals surface area (Å²) in [7, 11) is -1.22. The van der Waals surface area contributed by atoms with Crippen LogP contribution in [-0.2, 0) is 15.0 Å². The molecule has 0 aromatic heterocycles. The van der Waals surface area contributed by atoms with Gasteiger partial charge in [-0.1, -0.05) is 0 Å². The van der Waals surface area contributed by atoms with E-state index < -0.39 is 16.4 Å². The lowest BCUT2D eigenvalue weighted by Crippen LogP contribution is -2.36. The van der Waals surface area contributed by atoms with E-state index in [0.717, 1.165) is 13.0 Å². The second-order valence-electron chi connectivity index (χ2n) is 3.44. The number of rotatable bonds is 9. The quantitative estimate of drug-likeness (QED) is 0.350. The maximum absolute atomic E-state index is 10.6. The molecule has 0 amide bonds. The fraction of sp³-hybridized carbons (Fsp3) is 1.00. The van der Waals surface area contributed by atoms with E-state index in [9.17, 15) is 13.5 Å². The number of hydrogen-bond donors (Lipinski definition) is 3. The molecular weight excluding hydrogens is 236 g/mol. The third-order valence-electron chi connectivity index (χ3n) is 1.89. The standard InChI is InChI=1S/C8H20N2O5S/c1-9-4-3-5-15-7-8(11)6-10(2)16(12,13)14/h8-9,11H,3-7H2,1-2H3,(H,12,13,14). The Morgan fingerprint density at radius 2 is 2.12 bits per heavy atom. The molecular formula is C8H20N2O5S. The van der Waals surface area contributed by atoms with Gasteiger partial charge in [-0.15, -0.1) is 0 Å². The molecule has 8 heteroatoms. The van der Waals surface area contributed by atoms with Crippen LogP contribution in [0.25, 0.3) is 0 Å². The van der Waals surface area contributed by atoms with E-state index in [1.165, 1.54) is 7.05 Å². The zero-order valence-corrected chi connectivity index (χ0v) is 10.4. The van der Waals surface area contributed by atoms with E-state index >= 15 is 0 Å². The molecule has 0 aliphatic rings. The van der Waals surface area contributed by atoms with Gasteiger partial charge in [0.1, 0.15) is 0 Å². The van der Waals surface area contributed by atoms with E-state index in [1.54, 1.807) is 0 Å². The SMILES string of the molecule is CNCCCOCC(O)CN(C)S(=O)(=O)O. The molecule has 0 saturated heterocycles. The predicted octanol–water partition coefficient (Wildman–Crippen LogP) is -1.29. The Balaban J connectivity index is 3.63. The number of ether oxygens (including phenoxy) is 1. The van der Waals surface area contributed by atoms with Gasteiger partial charge in [0.05, 0.1) is 12.7 Å². The molecule has 0 aliphatic carbocycles. The predicted molar refractivity (Wildman–Crippen MR) is 59.5 cm³/mol. The number of nitrogens with one attached hydrogen (secondary N) is 1. The van der Waals surface area contributed by atoms with E-state index in [1.807, 2.05) is 7.05 Å². The van der Waals surface area contributed by atoms with Crippen molar-refractivity contribution in [2.75, 3.05) is 40.4 Å². The van der Waals surface area contributed by atoms with E-state index in [4.69, 9.17) is 9.29 Å². The topological polar surface area (TPSA) is 99.1 Å². The normalized spacial score (nSPS) is 14.3. The van der Waals surface area contributed by atoms with Crippen LogP contribution in [0.1, 0.15) is 6.42 Å². The van der Waals surface area contributed by atoms with Gasteiger partial charge in [0.15, 0.2) is 0 Å². The molecule has 0 aromatic rings. The minimum atomic E-state index is -4.23. The molecule has 1 unspecified atom stereocenters. The first kappa shape index (κ1) is 15.8. The highest BCUT2D eigenvalue weighted by atomic mass is 32.2. The van der Waals surface area contributed by atoms with E-state index in [0.29, 0.717) is 10.9 Å². The van der Waals surface area contributed by atoms with Crippen molar-refractivity contribution in [2.45, 2.75) is 12.5 Å². The first-order valence-electron chi connectivity index (χ1n) is 4.97. The van der Waals surface area contributed by atoms with Crippen molar-refractivity contribution < 1.29 is 22.8 Å². The number of aliphatic hydroxyl groups excluding tert-OH is 1. The minimum Gasteiger partial charge on any atom is -0.389 e. The van der Waals surface area contributed by atoms with Crippen molar-refractivity contribution in [1.82, 2.24) is 9.62 Å². The van der Waals surface area contributed by atoms with Crippen molar-refractivity contribution >= 4 is 10.3 Å². The number of aliphatic hydroxyl groups is 1. The second kappa shape index (κ2) is 7.93. The monoisotopic (exact) mass is 256 g/mol. The van der Waals surface area contributed by atoms with Crippen LogP contribution < -0.4 is 5.32 Å². The summed E-state index contributed by atoms with van der Waals surface area (Å²) in [5, 5.41) is 12.3. The molecule has 16 heavy (non-hydrogen) atoms. The Morgan fingerprint density at radius 3 is 2.62 bits per heavy atom. The van der Waals surface area contributed by atoms with Crippen molar-refractivity contribution in [1.29, 1.82) is 0 Å². The van der Waals surface area contributed by atoms with Gasteiger partial charge >= 0.3 is 10.3 Å². The van der Waals surface area contributed by atoms with Gasteiger partial charge in [0.2, 0.25) is 0 Å². The lowest BCUT2D eigenvalue weighted by Gasteiger charge is -2.17. The maximum atomic E-state index is 10.6. The van der Waals surface area contributed by atoms with Crippen LogP contribution in [0.2, 0.25) is 0 Å². The summed E-state index contributed by atoms with van der Waals surface area (Å²) in [6.45, 7) is 1.17. The molecule has 0 aliphatic heterocycles. The van der Waals surface area contributed by atoms with Crippen molar-refractivity contribution in [2.24, 2.45) is 0 Å². The van der Waals surface area contributed by atoms with Crippen molar-refractivity contribution in [3.05, 3.63) is 0 Å². The molecule has 0 bridgehead atoms. The Bertz CT molecular complexity index is 270. The summed E-state index contributed by atoms with van der Waals surface area (Å²) in [6, 6.07) is 0. The molecule has 98 valence electrons. The Morgan fingerprint density at radius 1 is 1.50 bits per heavy atom. The third-order valence-corrected chi connectivity index (χ3v) is 2.82. The van der Waals surface area contributed by atoms with Gasteiger partial charge in [-0.3, -0.25) is 4.55 Å². The van der Waals surface area contributed by atoms with Crippen molar-refractivity contribution in [3.8, 4) is 0 Å². The molecule has 0 saturated carbocycles. The van der Waals surface area contributed by atoms with Gasteiger partial charge in [-0.25, -0.2) is 0 Å². The smallest absolute Gasteiger partial charge is 0.335 e. The molecule has 3 N–H and O–H groups in total. The fourth-order valence-electron chi connectivity index (χ4n) is 1.01. The molecule has 0 aromatic carbocycles. The number of likely N-dealkylation sites (N-methyl/N-ethyl adjacent to an activating group) is 1. The van der Waals surface area contributed by atoms with E-state index in [-0.39, 0.29) is 13.2 Å². The average molecular weight is 256 g/mol. The van der Waals surface area contributed by atoms with Crippen LogP contribution in [0, 0.1) is 0 Å². The summed E-state index contributed by atoms with van der Waals surface area (Å²) < 4.78 is 35.6. The molecule has 0 radical (unpaired) electrons. The van der Waals surface area contributed by atoms with Crippen LogP contribution in [0.3, 0.4) is 0 Å². The maximum Gasteiger partial charge on any atom is 0.335 e. The molecule has 0 fully saturated rings. The van der Waals surface area contributed by atoms with Crippen LogP contribution >= 0.6 is 0 Å². The van der Waals surface area contributed by atoms with E-state index in [2.05, 4.69) is 5.32 Å². The van der Waals surface area contributed by atoms with Gasteiger partial charge in [0, 0.05) is 20.2 Å². The van der Waals surface area contributed by atoms with Crippen LogP contribution in [0.4, 0.5) is 0 Å². The lowest BCUT2D eigenvalue weighted by molar-refractivity contribution is 0.0285. The van der Waals surface area contributed by atoms with Gasteiger partial charge in [-0.05, 0) is 20.0 Å². The first-order chi connectivity index (χ1) is 7.38. The summed E-state index contributed by atoms with van der Waals surface area (Å²) in [5.41, 5.74) is 0. The third kappa shape index (κ3) is 7.97. The van der Waals surface area contributed by atoms with Gasteiger partial charge < -0.3 is 15.2 Å². The molecule has 7 nitrogen and oxygen atoms in total. The van der Waals surface area contributed by atoms with Crippen molar-refractivity contribution in [3.63, 3.8) is 0 Å². The highest BCUT2D eigenvalue weighted by Crippen LogP contribution is 1.96. The summed E-state index contributed by atoms with van der Waals surface area (Å²) in [4.78, 5) is 0. The molecule has 0 heterocycles. The summed E-state index contributed by atoms with van der Waals surface area (Å²) in [5.74, 6) is 0. The van der Waals surface area contributed by atoms with Crippen LogP contribution in [-0.4, -0.2) is 68.9 Å². The Labute approximate surface area is 96.3 Å². The van der Waals surface area contributed by atoms with Gasteiger partial charge in [-0.2, -0.15) is 12.7 Å². The largest absolute Gasteiger partial charge is 0.389 e. The van der Waals surface area contributed by atoms with Crippen LogP contribution in [0.15, 0.2) is 0 Å². The molecule has 1 atom stereocenters. The van der Waals surface area contributed by atoms with Crippen LogP contribution in [0.5, 0.6) is 0 Å². The molecule has 0 spiro atoms. The minimum absolute atomic E-state index is 0.0452. The fourth-order valence-corrected chi connectivity index (χ4v) is 1.37. The number of hydrogen-bond acceptors (Lipinski definition) is 5. The Hall–Kier alpha value is -0.250. The second-order valence-corrected chi connectivity index (χ2v) is 4.96. The average Bonchev–Trinajstić information content (AvgIpc) is 2.16. The highest BCUT2D eigenvalue weighted by Gasteiger charge is 2.17. The highest BCUT2D eigenvalue weighted by molar-refractivity contribution is 7.83. The summed E-state index contributed by atoms with van der Waals surface area (Å²) >= 11 is 0. The zero-order chi connectivity index (χ0) is 12.6. The van der Waals surface area contributed by atoms with Gasteiger partial charge in [0.25, 0.3) is 0 Å².